The van der Waals surface area contributed by atoms with E-state index in [1.807, 2.05) is 32.0 Å². The molecule has 8 heteroatoms. The number of carbonyl (C=O) groups is 1. The number of anilines is 2. The van der Waals surface area contributed by atoms with Gasteiger partial charge < -0.3 is 10.2 Å². The molecule has 7 nitrogen and oxygen atoms in total. The van der Waals surface area contributed by atoms with Crippen LogP contribution in [0, 0.1) is 6.92 Å². The van der Waals surface area contributed by atoms with E-state index in [1.54, 1.807) is 24.3 Å². The van der Waals surface area contributed by atoms with Crippen molar-refractivity contribution >= 4 is 27.6 Å². The number of sulfonamides is 1. The van der Waals surface area contributed by atoms with Crippen molar-refractivity contribution in [1.29, 1.82) is 0 Å². The molecule has 1 aliphatic heterocycles. The molecule has 1 aliphatic rings. The molecular formula is C16H18N4O3S. The third kappa shape index (κ3) is 2.80. The lowest BCUT2D eigenvalue weighted by Gasteiger charge is -2.28. The van der Waals surface area contributed by atoms with Crippen molar-refractivity contribution in [3.05, 3.63) is 47.7 Å². The number of urea groups is 1. The molecule has 2 aromatic rings. The molecule has 0 atom stereocenters. The van der Waals surface area contributed by atoms with Gasteiger partial charge in [-0.15, -0.1) is 0 Å². The van der Waals surface area contributed by atoms with Crippen molar-refractivity contribution in [1.82, 2.24) is 9.29 Å². The molecule has 24 heavy (non-hydrogen) atoms. The number of hydrogen-bond donors (Lipinski definition) is 1. The standard InChI is InChI=1S/C16H18N4O3S/c1-11-7-8-14-13(9-11)18-16(21)20(24(14,22)23)10-12-5-4-6-15(17-12)19(2)3/h4-9H,10H2,1-3H3,(H,18,21). The maximum Gasteiger partial charge on any atom is 0.336 e. The van der Waals surface area contributed by atoms with E-state index in [1.165, 1.54) is 6.07 Å². The van der Waals surface area contributed by atoms with Crippen molar-refractivity contribution in [2.45, 2.75) is 18.4 Å². The zero-order valence-electron chi connectivity index (χ0n) is 13.6. The molecular weight excluding hydrogens is 328 g/mol. The first kappa shape index (κ1) is 16.3. The lowest BCUT2D eigenvalue weighted by Crippen LogP contribution is -2.43. The van der Waals surface area contributed by atoms with Crippen LogP contribution in [0.25, 0.3) is 0 Å². The number of rotatable bonds is 3. The van der Waals surface area contributed by atoms with E-state index >= 15 is 0 Å². The first-order chi connectivity index (χ1) is 11.3. The fraction of sp³-hybridized carbons (Fsp3) is 0.250. The second-order valence-corrected chi connectivity index (χ2v) is 7.65. The van der Waals surface area contributed by atoms with Gasteiger partial charge >= 0.3 is 6.03 Å². The minimum absolute atomic E-state index is 0.0939. The highest BCUT2D eigenvalue weighted by atomic mass is 32.2. The number of aromatic nitrogens is 1. The quantitative estimate of drug-likeness (QED) is 0.921. The van der Waals surface area contributed by atoms with E-state index in [9.17, 15) is 13.2 Å². The second kappa shape index (κ2) is 5.79. The summed E-state index contributed by atoms with van der Waals surface area (Å²) in [4.78, 5) is 18.6. The maximum absolute atomic E-state index is 12.8. The van der Waals surface area contributed by atoms with E-state index in [0.717, 1.165) is 9.87 Å². The number of aryl methyl sites for hydroxylation is 1. The SMILES string of the molecule is Cc1ccc2c(c1)NC(=O)N(Cc1cccc(N(C)C)n1)S2(=O)=O. The Morgan fingerprint density at radius 2 is 1.96 bits per heavy atom. The summed E-state index contributed by atoms with van der Waals surface area (Å²) in [6, 6.07) is 9.47. The Labute approximate surface area is 141 Å². The first-order valence-electron chi connectivity index (χ1n) is 7.36. The highest BCUT2D eigenvalue weighted by Crippen LogP contribution is 2.31. The van der Waals surface area contributed by atoms with Gasteiger partial charge in [0.25, 0.3) is 10.0 Å². The van der Waals surface area contributed by atoms with Gasteiger partial charge in [0.05, 0.1) is 17.9 Å². The number of amides is 2. The highest BCUT2D eigenvalue weighted by molar-refractivity contribution is 7.90. The van der Waals surface area contributed by atoms with Gasteiger partial charge in [-0.05, 0) is 36.8 Å². The molecule has 0 unspecified atom stereocenters. The Bertz CT molecular complexity index is 909. The summed E-state index contributed by atoms with van der Waals surface area (Å²) in [5, 5.41) is 2.63. The zero-order valence-corrected chi connectivity index (χ0v) is 14.5. The van der Waals surface area contributed by atoms with Crippen molar-refractivity contribution in [2.24, 2.45) is 0 Å². The van der Waals surface area contributed by atoms with Gasteiger partial charge in [-0.25, -0.2) is 22.5 Å². The van der Waals surface area contributed by atoms with Crippen LogP contribution in [0.3, 0.4) is 0 Å². The first-order valence-corrected chi connectivity index (χ1v) is 8.80. The fourth-order valence-electron chi connectivity index (χ4n) is 2.48. The van der Waals surface area contributed by atoms with Crippen LogP contribution in [0.2, 0.25) is 0 Å². The number of carbonyl (C=O) groups excluding carboxylic acids is 1. The van der Waals surface area contributed by atoms with Crippen molar-refractivity contribution in [3.63, 3.8) is 0 Å². The summed E-state index contributed by atoms with van der Waals surface area (Å²) in [5.41, 5.74) is 1.68. The number of pyridine rings is 1. The predicted octanol–water partition coefficient (Wildman–Crippen LogP) is 2.19. The summed E-state index contributed by atoms with van der Waals surface area (Å²) in [7, 11) is -0.228. The Morgan fingerprint density at radius 1 is 1.21 bits per heavy atom. The molecule has 0 radical (unpaired) electrons. The molecule has 0 spiro atoms. The zero-order chi connectivity index (χ0) is 17.5. The molecule has 0 fully saturated rings. The Balaban J connectivity index is 1.98. The summed E-state index contributed by atoms with van der Waals surface area (Å²) in [5.74, 6) is 0.693. The summed E-state index contributed by atoms with van der Waals surface area (Å²) in [6.45, 7) is 1.71. The topological polar surface area (TPSA) is 82.6 Å². The number of nitrogens with one attached hydrogen (secondary N) is 1. The van der Waals surface area contributed by atoms with E-state index in [4.69, 9.17) is 0 Å². The molecule has 2 amide bonds. The lowest BCUT2D eigenvalue weighted by atomic mass is 10.2. The normalized spacial score (nSPS) is 15.6. The van der Waals surface area contributed by atoms with E-state index in [-0.39, 0.29) is 11.4 Å². The Morgan fingerprint density at radius 3 is 2.67 bits per heavy atom. The molecule has 1 aromatic carbocycles. The number of fused-ring (bicyclic) bond motifs is 1. The Hall–Kier alpha value is -2.61. The van der Waals surface area contributed by atoms with Crippen LogP contribution in [-0.4, -0.2) is 37.8 Å². The molecule has 1 N–H and O–H groups in total. The maximum atomic E-state index is 12.8. The minimum Gasteiger partial charge on any atom is -0.363 e. The van der Waals surface area contributed by atoms with Crippen molar-refractivity contribution in [3.8, 4) is 0 Å². The van der Waals surface area contributed by atoms with Gasteiger partial charge in [0.1, 0.15) is 10.7 Å². The number of nitrogens with zero attached hydrogens (tertiary/aromatic N) is 3. The average molecular weight is 346 g/mol. The van der Waals surface area contributed by atoms with Gasteiger partial charge in [-0.3, -0.25) is 0 Å². The number of hydrogen-bond acceptors (Lipinski definition) is 5. The monoisotopic (exact) mass is 346 g/mol. The number of benzene rings is 1. The second-order valence-electron chi connectivity index (χ2n) is 5.82. The van der Waals surface area contributed by atoms with Crippen LogP contribution in [0.5, 0.6) is 0 Å². The smallest absolute Gasteiger partial charge is 0.336 e. The predicted molar refractivity (Wildman–Crippen MR) is 91.5 cm³/mol. The average Bonchev–Trinajstić information content (AvgIpc) is 2.51. The van der Waals surface area contributed by atoms with E-state index < -0.39 is 16.1 Å². The summed E-state index contributed by atoms with van der Waals surface area (Å²) >= 11 is 0. The molecule has 0 bridgehead atoms. The van der Waals surface area contributed by atoms with Crippen molar-refractivity contribution in [2.75, 3.05) is 24.3 Å². The summed E-state index contributed by atoms with van der Waals surface area (Å²) < 4.78 is 26.4. The molecule has 2 heterocycles. The lowest BCUT2D eigenvalue weighted by molar-refractivity contribution is 0.233. The van der Waals surface area contributed by atoms with E-state index in [0.29, 0.717) is 17.2 Å². The third-order valence-corrected chi connectivity index (χ3v) is 5.51. The highest BCUT2D eigenvalue weighted by Gasteiger charge is 2.36. The van der Waals surface area contributed by atoms with Crippen LogP contribution in [0.15, 0.2) is 41.3 Å². The minimum atomic E-state index is -3.91. The third-order valence-electron chi connectivity index (χ3n) is 3.73. The van der Waals surface area contributed by atoms with Gasteiger partial charge in [0.15, 0.2) is 0 Å². The van der Waals surface area contributed by atoms with Gasteiger partial charge in [-0.1, -0.05) is 12.1 Å². The van der Waals surface area contributed by atoms with Gasteiger partial charge in [-0.2, -0.15) is 0 Å². The molecule has 3 rings (SSSR count). The summed E-state index contributed by atoms with van der Waals surface area (Å²) in [6.07, 6.45) is 0. The largest absolute Gasteiger partial charge is 0.363 e. The van der Waals surface area contributed by atoms with Gasteiger partial charge in [0, 0.05) is 14.1 Å². The van der Waals surface area contributed by atoms with Crippen LogP contribution < -0.4 is 10.2 Å². The molecule has 0 saturated carbocycles. The van der Waals surface area contributed by atoms with Crippen LogP contribution in [0.4, 0.5) is 16.3 Å². The van der Waals surface area contributed by atoms with E-state index in [2.05, 4.69) is 10.3 Å². The fourth-order valence-corrected chi connectivity index (χ4v) is 3.91. The van der Waals surface area contributed by atoms with Gasteiger partial charge in [0.2, 0.25) is 0 Å². The molecule has 1 aromatic heterocycles. The Kier molecular flexibility index (Phi) is 3.92. The molecule has 0 aliphatic carbocycles. The molecule has 0 saturated heterocycles. The van der Waals surface area contributed by atoms with Crippen LogP contribution in [-0.2, 0) is 16.6 Å². The van der Waals surface area contributed by atoms with Crippen LogP contribution >= 0.6 is 0 Å². The van der Waals surface area contributed by atoms with Crippen LogP contribution in [0.1, 0.15) is 11.3 Å². The van der Waals surface area contributed by atoms with Crippen molar-refractivity contribution < 1.29 is 13.2 Å². The molecule has 126 valence electrons.